The van der Waals surface area contributed by atoms with E-state index in [9.17, 15) is 9.59 Å². The summed E-state index contributed by atoms with van der Waals surface area (Å²) in [6.07, 6.45) is 0. The molecule has 0 unspecified atom stereocenters. The molecule has 1 amide bonds. The lowest BCUT2D eigenvalue weighted by molar-refractivity contribution is -0.131. The zero-order chi connectivity index (χ0) is 18.0. The van der Waals surface area contributed by atoms with Gasteiger partial charge in [0.25, 0.3) is 5.91 Å². The largest absolute Gasteiger partial charge is 0.457 e. The number of esters is 1. The van der Waals surface area contributed by atoms with E-state index in [0.29, 0.717) is 28.0 Å². The molecule has 6 heteroatoms. The van der Waals surface area contributed by atoms with Crippen LogP contribution in [0.15, 0.2) is 48.5 Å². The first-order valence-corrected chi connectivity index (χ1v) is 7.61. The van der Waals surface area contributed by atoms with E-state index in [-0.39, 0.29) is 11.4 Å². The number of carbonyl (C=O) groups is 2. The standard InChI is InChI=1S/C19H16N2O4/c1-11-16-10-14(25-13-6-4-3-5-7-13)8-9-15(16)18(24-12(2)22)17(21-11)19(20)23/h3-10H,1-2H3,(H2,20,23). The number of rotatable bonds is 4. The number of carbonyl (C=O) groups excluding carboxylic acids is 2. The molecule has 2 aromatic carbocycles. The van der Waals surface area contributed by atoms with Gasteiger partial charge in [-0.25, -0.2) is 4.98 Å². The van der Waals surface area contributed by atoms with Crippen LogP contribution in [0.1, 0.15) is 23.1 Å². The highest BCUT2D eigenvalue weighted by atomic mass is 16.5. The molecule has 0 aliphatic rings. The van der Waals surface area contributed by atoms with Gasteiger partial charge in [-0.05, 0) is 37.3 Å². The van der Waals surface area contributed by atoms with Gasteiger partial charge in [-0.2, -0.15) is 0 Å². The van der Waals surface area contributed by atoms with E-state index in [1.165, 1.54) is 6.92 Å². The molecule has 2 N–H and O–H groups in total. The molecule has 0 spiro atoms. The molecule has 0 aliphatic heterocycles. The van der Waals surface area contributed by atoms with E-state index in [4.69, 9.17) is 15.2 Å². The monoisotopic (exact) mass is 336 g/mol. The second-order valence-corrected chi connectivity index (χ2v) is 5.46. The van der Waals surface area contributed by atoms with Crippen LogP contribution in [0.3, 0.4) is 0 Å². The average molecular weight is 336 g/mol. The van der Waals surface area contributed by atoms with E-state index < -0.39 is 11.9 Å². The van der Waals surface area contributed by atoms with Gasteiger partial charge >= 0.3 is 5.97 Å². The number of amides is 1. The van der Waals surface area contributed by atoms with E-state index >= 15 is 0 Å². The van der Waals surface area contributed by atoms with Gasteiger partial charge in [-0.15, -0.1) is 0 Å². The third-order valence-corrected chi connectivity index (χ3v) is 3.58. The van der Waals surface area contributed by atoms with Crippen molar-refractivity contribution in [1.82, 2.24) is 4.98 Å². The summed E-state index contributed by atoms with van der Waals surface area (Å²) in [5.74, 6) is 0.0439. The topological polar surface area (TPSA) is 91.5 Å². The Morgan fingerprint density at radius 1 is 1.00 bits per heavy atom. The fourth-order valence-electron chi connectivity index (χ4n) is 2.53. The lowest BCUT2D eigenvalue weighted by Gasteiger charge is -2.13. The number of nitrogens with zero attached hydrogens (tertiary/aromatic N) is 1. The molecule has 1 aromatic heterocycles. The Kier molecular flexibility index (Phi) is 4.35. The average Bonchev–Trinajstić information content (AvgIpc) is 2.57. The summed E-state index contributed by atoms with van der Waals surface area (Å²) in [5, 5.41) is 1.27. The lowest BCUT2D eigenvalue weighted by Crippen LogP contribution is -2.17. The highest BCUT2D eigenvalue weighted by Crippen LogP contribution is 2.34. The van der Waals surface area contributed by atoms with Crippen LogP contribution in [-0.2, 0) is 4.79 Å². The maximum atomic E-state index is 11.7. The maximum absolute atomic E-state index is 11.7. The number of para-hydroxylation sites is 1. The normalized spacial score (nSPS) is 10.5. The molecule has 0 bridgehead atoms. The summed E-state index contributed by atoms with van der Waals surface area (Å²) in [6.45, 7) is 3.00. The lowest BCUT2D eigenvalue weighted by atomic mass is 10.1. The molecule has 126 valence electrons. The predicted octanol–water partition coefficient (Wildman–Crippen LogP) is 3.36. The van der Waals surface area contributed by atoms with Crippen LogP contribution in [0.5, 0.6) is 17.2 Å². The summed E-state index contributed by atoms with van der Waals surface area (Å²) in [5.41, 5.74) is 5.87. The quantitative estimate of drug-likeness (QED) is 0.738. The Hall–Kier alpha value is -3.41. The first-order valence-electron chi connectivity index (χ1n) is 7.61. The number of benzene rings is 2. The SMILES string of the molecule is CC(=O)Oc1c(C(N)=O)nc(C)c2cc(Oc3ccccc3)ccc12. The number of nitrogens with two attached hydrogens (primary N) is 1. The molecule has 25 heavy (non-hydrogen) atoms. The zero-order valence-electron chi connectivity index (χ0n) is 13.8. The molecule has 3 rings (SSSR count). The number of hydrogen-bond acceptors (Lipinski definition) is 5. The summed E-state index contributed by atoms with van der Waals surface area (Å²) in [7, 11) is 0. The van der Waals surface area contributed by atoms with E-state index in [1.807, 2.05) is 30.3 Å². The van der Waals surface area contributed by atoms with Crippen LogP contribution in [-0.4, -0.2) is 16.9 Å². The van der Waals surface area contributed by atoms with Gasteiger partial charge in [0, 0.05) is 23.4 Å². The van der Waals surface area contributed by atoms with Crippen LogP contribution < -0.4 is 15.2 Å². The van der Waals surface area contributed by atoms with E-state index in [0.717, 1.165) is 0 Å². The predicted molar refractivity (Wildman–Crippen MR) is 92.8 cm³/mol. The number of pyridine rings is 1. The molecule has 0 saturated heterocycles. The Bertz CT molecular complexity index is 968. The molecule has 3 aromatic rings. The fourth-order valence-corrected chi connectivity index (χ4v) is 2.53. The Morgan fingerprint density at radius 3 is 2.36 bits per heavy atom. The molecule has 0 saturated carbocycles. The van der Waals surface area contributed by atoms with Crippen molar-refractivity contribution in [3.8, 4) is 17.2 Å². The van der Waals surface area contributed by atoms with Gasteiger partial charge in [-0.1, -0.05) is 18.2 Å². The van der Waals surface area contributed by atoms with Crippen molar-refractivity contribution >= 4 is 22.6 Å². The molecular formula is C19H16N2O4. The summed E-state index contributed by atoms with van der Waals surface area (Å²) in [6, 6.07) is 14.6. The molecule has 0 atom stereocenters. The maximum Gasteiger partial charge on any atom is 0.308 e. The number of aromatic nitrogens is 1. The fraction of sp³-hybridized carbons (Fsp3) is 0.105. The van der Waals surface area contributed by atoms with Crippen molar-refractivity contribution in [2.75, 3.05) is 0 Å². The molecule has 6 nitrogen and oxygen atoms in total. The smallest absolute Gasteiger partial charge is 0.308 e. The minimum absolute atomic E-state index is 0.0619. The Balaban J connectivity index is 2.13. The van der Waals surface area contributed by atoms with E-state index in [1.54, 1.807) is 25.1 Å². The highest BCUT2D eigenvalue weighted by Gasteiger charge is 2.19. The van der Waals surface area contributed by atoms with Crippen LogP contribution in [0, 0.1) is 6.92 Å². The minimum Gasteiger partial charge on any atom is -0.457 e. The molecular weight excluding hydrogens is 320 g/mol. The number of fused-ring (bicyclic) bond motifs is 1. The van der Waals surface area contributed by atoms with Crippen molar-refractivity contribution in [2.45, 2.75) is 13.8 Å². The van der Waals surface area contributed by atoms with Crippen LogP contribution in [0.4, 0.5) is 0 Å². The zero-order valence-corrected chi connectivity index (χ0v) is 13.8. The summed E-state index contributed by atoms with van der Waals surface area (Å²) < 4.78 is 11.0. The summed E-state index contributed by atoms with van der Waals surface area (Å²) in [4.78, 5) is 27.2. The minimum atomic E-state index is -0.758. The molecule has 0 aliphatic carbocycles. The molecule has 0 fully saturated rings. The van der Waals surface area contributed by atoms with Gasteiger partial charge in [0.15, 0.2) is 11.4 Å². The third-order valence-electron chi connectivity index (χ3n) is 3.58. The molecule has 1 heterocycles. The third kappa shape index (κ3) is 3.42. The second kappa shape index (κ2) is 6.60. The van der Waals surface area contributed by atoms with Crippen molar-refractivity contribution in [3.63, 3.8) is 0 Å². The highest BCUT2D eigenvalue weighted by molar-refractivity contribution is 6.03. The number of primary amides is 1. The first kappa shape index (κ1) is 16.4. The molecule has 0 radical (unpaired) electrons. The van der Waals surface area contributed by atoms with Gasteiger partial charge in [0.05, 0.1) is 0 Å². The van der Waals surface area contributed by atoms with Gasteiger partial charge < -0.3 is 15.2 Å². The Labute approximate surface area is 144 Å². The number of ether oxygens (including phenoxy) is 2. The Morgan fingerprint density at radius 2 is 1.72 bits per heavy atom. The van der Waals surface area contributed by atoms with Gasteiger partial charge in [0.2, 0.25) is 0 Å². The van der Waals surface area contributed by atoms with Crippen LogP contribution >= 0.6 is 0 Å². The van der Waals surface area contributed by atoms with Crippen molar-refractivity contribution in [2.24, 2.45) is 5.73 Å². The number of hydrogen-bond donors (Lipinski definition) is 1. The van der Waals surface area contributed by atoms with Crippen LogP contribution in [0.25, 0.3) is 10.8 Å². The van der Waals surface area contributed by atoms with Crippen molar-refractivity contribution < 1.29 is 19.1 Å². The summed E-state index contributed by atoms with van der Waals surface area (Å²) >= 11 is 0. The second-order valence-electron chi connectivity index (χ2n) is 5.46. The van der Waals surface area contributed by atoms with Crippen molar-refractivity contribution in [1.29, 1.82) is 0 Å². The van der Waals surface area contributed by atoms with Gasteiger partial charge in [0.1, 0.15) is 11.5 Å². The number of aryl methyl sites for hydroxylation is 1. The first-order chi connectivity index (χ1) is 12.0. The van der Waals surface area contributed by atoms with Crippen molar-refractivity contribution in [3.05, 3.63) is 59.9 Å². The van der Waals surface area contributed by atoms with Gasteiger partial charge in [-0.3, -0.25) is 9.59 Å². The van der Waals surface area contributed by atoms with Crippen LogP contribution in [0.2, 0.25) is 0 Å². The van der Waals surface area contributed by atoms with E-state index in [2.05, 4.69) is 4.98 Å².